The molecule has 0 spiro atoms. The first kappa shape index (κ1) is 18.7. The summed E-state index contributed by atoms with van der Waals surface area (Å²) in [6, 6.07) is 4.25. The monoisotopic (exact) mass is 354 g/mol. The van der Waals surface area contributed by atoms with E-state index in [2.05, 4.69) is 10.0 Å². The maximum atomic E-state index is 12.7. The largest absolute Gasteiger partial charge is 0.478 e. The van der Waals surface area contributed by atoms with Gasteiger partial charge >= 0.3 is 5.97 Å². The van der Waals surface area contributed by atoms with Crippen LogP contribution < -0.4 is 10.0 Å². The van der Waals surface area contributed by atoms with E-state index in [0.717, 1.165) is 25.7 Å². The second-order valence-corrected chi connectivity index (χ2v) is 8.11. The molecular weight excluding hydrogens is 328 g/mol. The molecular formula is C17H26N2O4S. The number of carboxylic acid groups (broad SMARTS) is 1. The maximum absolute atomic E-state index is 12.7. The van der Waals surface area contributed by atoms with Gasteiger partial charge in [-0.2, -0.15) is 0 Å². The average molecular weight is 354 g/mol. The van der Waals surface area contributed by atoms with Crippen molar-refractivity contribution in [3.05, 3.63) is 23.8 Å². The third kappa shape index (κ3) is 4.70. The molecule has 1 fully saturated rings. The van der Waals surface area contributed by atoms with Crippen LogP contribution in [-0.2, 0) is 10.0 Å². The lowest BCUT2D eigenvalue weighted by atomic mass is 9.95. The Morgan fingerprint density at radius 2 is 1.96 bits per heavy atom. The molecule has 1 aliphatic carbocycles. The van der Waals surface area contributed by atoms with Gasteiger partial charge in [0.25, 0.3) is 0 Å². The predicted octanol–water partition coefficient (Wildman–Crippen LogP) is 3.21. The van der Waals surface area contributed by atoms with Crippen LogP contribution in [0.3, 0.4) is 0 Å². The molecule has 3 N–H and O–H groups in total. The maximum Gasteiger partial charge on any atom is 0.335 e. The van der Waals surface area contributed by atoms with Gasteiger partial charge in [0.2, 0.25) is 10.0 Å². The molecule has 0 aromatic heterocycles. The normalized spacial score (nSPS) is 17.4. The summed E-state index contributed by atoms with van der Waals surface area (Å²) in [5.74, 6) is -1.14. The van der Waals surface area contributed by atoms with Gasteiger partial charge in [-0.05, 0) is 44.4 Å². The van der Waals surface area contributed by atoms with E-state index in [-0.39, 0.29) is 22.5 Å². The lowest BCUT2D eigenvalue weighted by Gasteiger charge is -2.25. The Bertz CT molecular complexity index is 682. The molecule has 1 aliphatic rings. The number of hydrogen-bond acceptors (Lipinski definition) is 4. The molecule has 0 heterocycles. The third-order valence-corrected chi connectivity index (χ3v) is 6.08. The molecule has 1 aromatic carbocycles. The van der Waals surface area contributed by atoms with Gasteiger partial charge < -0.3 is 10.4 Å². The number of sulfonamides is 1. The molecule has 24 heavy (non-hydrogen) atoms. The van der Waals surface area contributed by atoms with Crippen LogP contribution in [0.15, 0.2) is 23.1 Å². The molecule has 7 heteroatoms. The van der Waals surface area contributed by atoms with Gasteiger partial charge in [-0.25, -0.2) is 17.9 Å². The summed E-state index contributed by atoms with van der Waals surface area (Å²) in [6.45, 7) is 3.68. The SMILES string of the molecule is CC[C@@H](C)NS(=O)(=O)c1cc(C(=O)O)ccc1NC1CCCCC1. The van der Waals surface area contributed by atoms with Crippen LogP contribution in [0.2, 0.25) is 0 Å². The van der Waals surface area contributed by atoms with Gasteiger partial charge in [0.1, 0.15) is 4.90 Å². The molecule has 0 radical (unpaired) electrons. The first-order valence-corrected chi connectivity index (χ1v) is 9.98. The Morgan fingerprint density at radius 3 is 2.54 bits per heavy atom. The van der Waals surface area contributed by atoms with Gasteiger partial charge in [0, 0.05) is 12.1 Å². The van der Waals surface area contributed by atoms with Gasteiger partial charge in [-0.15, -0.1) is 0 Å². The predicted molar refractivity (Wildman–Crippen MR) is 94.0 cm³/mol. The van der Waals surface area contributed by atoms with Crippen molar-refractivity contribution in [1.29, 1.82) is 0 Å². The number of nitrogens with one attached hydrogen (secondary N) is 2. The van der Waals surface area contributed by atoms with E-state index in [0.29, 0.717) is 12.1 Å². The quantitative estimate of drug-likeness (QED) is 0.699. The van der Waals surface area contributed by atoms with Crippen molar-refractivity contribution in [1.82, 2.24) is 4.72 Å². The topological polar surface area (TPSA) is 95.5 Å². The van der Waals surface area contributed by atoms with E-state index < -0.39 is 16.0 Å². The van der Waals surface area contributed by atoms with Crippen molar-refractivity contribution in [2.75, 3.05) is 5.32 Å². The molecule has 0 amide bonds. The van der Waals surface area contributed by atoms with Crippen LogP contribution in [0.1, 0.15) is 62.7 Å². The molecule has 0 saturated heterocycles. The second kappa shape index (κ2) is 7.98. The molecule has 1 saturated carbocycles. The molecule has 0 bridgehead atoms. The number of benzene rings is 1. The van der Waals surface area contributed by atoms with Crippen molar-refractivity contribution in [3.63, 3.8) is 0 Å². The number of carboxylic acids is 1. The van der Waals surface area contributed by atoms with E-state index in [4.69, 9.17) is 0 Å². The van der Waals surface area contributed by atoms with Gasteiger partial charge in [-0.1, -0.05) is 26.2 Å². The minimum absolute atomic E-state index is 0.00766. The molecule has 0 aliphatic heterocycles. The summed E-state index contributed by atoms with van der Waals surface area (Å²) in [7, 11) is -3.78. The zero-order chi connectivity index (χ0) is 17.7. The number of aromatic carboxylic acids is 1. The van der Waals surface area contributed by atoms with Gasteiger partial charge in [-0.3, -0.25) is 0 Å². The van der Waals surface area contributed by atoms with E-state index in [1.165, 1.54) is 18.6 Å². The zero-order valence-corrected chi connectivity index (χ0v) is 15.0. The highest BCUT2D eigenvalue weighted by atomic mass is 32.2. The molecule has 1 atom stereocenters. The van der Waals surface area contributed by atoms with E-state index >= 15 is 0 Å². The van der Waals surface area contributed by atoms with Crippen molar-refractivity contribution in [2.45, 2.75) is 69.4 Å². The number of anilines is 1. The highest BCUT2D eigenvalue weighted by Gasteiger charge is 2.24. The Kier molecular flexibility index (Phi) is 6.23. The summed E-state index contributed by atoms with van der Waals surface area (Å²) in [4.78, 5) is 11.2. The fourth-order valence-corrected chi connectivity index (χ4v) is 4.40. The molecule has 134 valence electrons. The molecule has 6 nitrogen and oxygen atoms in total. The lowest BCUT2D eigenvalue weighted by molar-refractivity contribution is 0.0696. The third-order valence-electron chi connectivity index (χ3n) is 4.45. The van der Waals surface area contributed by atoms with Crippen LogP contribution in [-0.4, -0.2) is 31.6 Å². The van der Waals surface area contributed by atoms with Gasteiger partial charge in [0.05, 0.1) is 11.3 Å². The highest BCUT2D eigenvalue weighted by Crippen LogP contribution is 2.27. The summed E-state index contributed by atoms with van der Waals surface area (Å²) in [5, 5.41) is 12.5. The number of hydrogen-bond donors (Lipinski definition) is 3. The van der Waals surface area contributed by atoms with E-state index in [1.807, 2.05) is 6.92 Å². The standard InChI is InChI=1S/C17H26N2O4S/c1-3-12(2)19-24(22,23)16-11-13(17(20)21)9-10-15(16)18-14-7-5-4-6-8-14/h9-12,14,18-19H,3-8H2,1-2H3,(H,20,21)/t12-/m1/s1. The van der Waals surface area contributed by atoms with Crippen molar-refractivity contribution in [2.24, 2.45) is 0 Å². The highest BCUT2D eigenvalue weighted by molar-refractivity contribution is 7.89. The Morgan fingerprint density at radius 1 is 1.29 bits per heavy atom. The fraction of sp³-hybridized carbons (Fsp3) is 0.588. The molecule has 2 rings (SSSR count). The lowest BCUT2D eigenvalue weighted by Crippen LogP contribution is -2.33. The average Bonchev–Trinajstić information content (AvgIpc) is 2.55. The second-order valence-electron chi connectivity index (χ2n) is 6.43. The summed E-state index contributed by atoms with van der Waals surface area (Å²) >= 11 is 0. The van der Waals surface area contributed by atoms with Gasteiger partial charge in [0.15, 0.2) is 0 Å². The van der Waals surface area contributed by atoms with E-state index in [1.54, 1.807) is 13.0 Å². The van der Waals surface area contributed by atoms with Crippen molar-refractivity contribution < 1.29 is 18.3 Å². The number of carbonyl (C=O) groups is 1. The van der Waals surface area contributed by atoms with Crippen molar-refractivity contribution >= 4 is 21.7 Å². The molecule has 1 aromatic rings. The Labute approximate surface area is 143 Å². The van der Waals surface area contributed by atoms with Crippen LogP contribution in [0, 0.1) is 0 Å². The van der Waals surface area contributed by atoms with E-state index in [9.17, 15) is 18.3 Å². The van der Waals surface area contributed by atoms with Crippen LogP contribution >= 0.6 is 0 Å². The summed E-state index contributed by atoms with van der Waals surface area (Å²) in [5.41, 5.74) is 0.441. The Balaban J connectivity index is 2.37. The fourth-order valence-electron chi connectivity index (χ4n) is 2.88. The number of rotatable bonds is 7. The minimum atomic E-state index is -3.78. The van der Waals surface area contributed by atoms with Crippen molar-refractivity contribution in [3.8, 4) is 0 Å². The molecule has 0 unspecified atom stereocenters. The first-order chi connectivity index (χ1) is 11.3. The van der Waals surface area contributed by atoms with Crippen LogP contribution in [0.5, 0.6) is 0 Å². The zero-order valence-electron chi connectivity index (χ0n) is 14.2. The summed E-state index contributed by atoms with van der Waals surface area (Å²) in [6.07, 6.45) is 6.11. The van der Waals surface area contributed by atoms with Crippen LogP contribution in [0.25, 0.3) is 0 Å². The van der Waals surface area contributed by atoms with Crippen LogP contribution in [0.4, 0.5) is 5.69 Å². The smallest absolute Gasteiger partial charge is 0.335 e. The first-order valence-electron chi connectivity index (χ1n) is 8.49. The summed E-state index contributed by atoms with van der Waals surface area (Å²) < 4.78 is 28.0. The minimum Gasteiger partial charge on any atom is -0.478 e. The Hall–Kier alpha value is -1.60.